The second kappa shape index (κ2) is 10.6. The van der Waals surface area contributed by atoms with Crippen molar-refractivity contribution in [3.05, 3.63) is 47.3 Å². The van der Waals surface area contributed by atoms with E-state index in [0.29, 0.717) is 42.9 Å². The molecule has 0 aliphatic carbocycles. The highest BCUT2D eigenvalue weighted by Crippen LogP contribution is 2.29. The highest BCUT2D eigenvalue weighted by molar-refractivity contribution is 5.96. The average Bonchev–Trinajstić information content (AvgIpc) is 3.22. The van der Waals surface area contributed by atoms with Crippen LogP contribution >= 0.6 is 0 Å². The number of aromatic nitrogens is 1. The number of aryl methyl sites for hydroxylation is 1. The summed E-state index contributed by atoms with van der Waals surface area (Å²) in [6.07, 6.45) is 0.906. The topological polar surface area (TPSA) is 79.1 Å². The van der Waals surface area contributed by atoms with Crippen LogP contribution in [0, 0.1) is 12.8 Å². The number of piperazine rings is 1. The molecule has 0 spiro atoms. The molecule has 2 aromatic rings. The van der Waals surface area contributed by atoms with Gasteiger partial charge in [-0.2, -0.15) is 0 Å². The number of hydrogen-bond donors (Lipinski definition) is 0. The number of hydrogen-bond acceptors (Lipinski definition) is 6. The molecule has 0 N–H and O–H groups in total. The Balaban J connectivity index is 1.51. The van der Waals surface area contributed by atoms with Crippen LogP contribution in [0.5, 0.6) is 5.75 Å². The molecule has 2 saturated heterocycles. The number of likely N-dealkylation sites (tertiary alicyclic amines) is 1. The van der Waals surface area contributed by atoms with Crippen molar-refractivity contribution >= 4 is 11.8 Å². The fraction of sp³-hybridized carbons (Fsp3) is 0.577. The van der Waals surface area contributed by atoms with Crippen molar-refractivity contribution in [1.82, 2.24) is 19.9 Å². The average molecular weight is 469 g/mol. The van der Waals surface area contributed by atoms with Gasteiger partial charge in [-0.1, -0.05) is 37.2 Å². The lowest BCUT2D eigenvalue weighted by atomic mass is 9.90. The molecule has 0 saturated carbocycles. The van der Waals surface area contributed by atoms with Crippen LogP contribution in [0.1, 0.15) is 54.4 Å². The molecule has 4 rings (SSSR count). The molecule has 184 valence electrons. The lowest BCUT2D eigenvalue weighted by molar-refractivity contribution is -0.135. The van der Waals surface area contributed by atoms with Gasteiger partial charge in [0.25, 0.3) is 5.91 Å². The zero-order valence-electron chi connectivity index (χ0n) is 20.7. The first-order valence-electron chi connectivity index (χ1n) is 12.3. The number of benzene rings is 1. The van der Waals surface area contributed by atoms with Crippen molar-refractivity contribution in [3.63, 3.8) is 0 Å². The van der Waals surface area contributed by atoms with Crippen LogP contribution in [0.25, 0.3) is 0 Å². The first-order valence-corrected chi connectivity index (χ1v) is 12.3. The van der Waals surface area contributed by atoms with Crippen LogP contribution in [0.4, 0.5) is 0 Å². The molecule has 0 unspecified atom stereocenters. The molecule has 8 nitrogen and oxygen atoms in total. The van der Waals surface area contributed by atoms with E-state index in [9.17, 15) is 9.59 Å². The molecule has 0 bridgehead atoms. The third kappa shape index (κ3) is 5.43. The summed E-state index contributed by atoms with van der Waals surface area (Å²) in [5, 5.41) is 4.12. The summed E-state index contributed by atoms with van der Waals surface area (Å²) in [5.74, 6) is 1.40. The predicted octanol–water partition coefficient (Wildman–Crippen LogP) is 3.18. The van der Waals surface area contributed by atoms with E-state index in [4.69, 9.17) is 9.26 Å². The van der Waals surface area contributed by atoms with Crippen molar-refractivity contribution < 1.29 is 18.8 Å². The number of piperidine rings is 1. The Morgan fingerprint density at radius 3 is 2.47 bits per heavy atom. The Bertz CT molecular complexity index is 982. The minimum absolute atomic E-state index is 0.0716. The highest BCUT2D eigenvalue weighted by atomic mass is 16.5. The number of carbonyl (C=O) groups is 2. The van der Waals surface area contributed by atoms with E-state index >= 15 is 0 Å². The van der Waals surface area contributed by atoms with Gasteiger partial charge < -0.3 is 24.0 Å². The molecule has 2 aliphatic rings. The molecule has 0 radical (unpaired) electrons. The molecule has 1 aromatic heterocycles. The first-order chi connectivity index (χ1) is 16.3. The molecular formula is C26H36N4O4. The summed E-state index contributed by atoms with van der Waals surface area (Å²) in [5.41, 5.74) is 1.25. The van der Waals surface area contributed by atoms with Gasteiger partial charge in [0.2, 0.25) is 5.91 Å². The van der Waals surface area contributed by atoms with Crippen LogP contribution < -0.4 is 4.74 Å². The number of ether oxygens (including phenoxy) is 1. The van der Waals surface area contributed by atoms with Gasteiger partial charge in [0, 0.05) is 58.0 Å². The van der Waals surface area contributed by atoms with E-state index in [-0.39, 0.29) is 29.8 Å². The summed E-state index contributed by atoms with van der Waals surface area (Å²) in [6.45, 7) is 10.1. The van der Waals surface area contributed by atoms with Crippen LogP contribution in [-0.2, 0) is 4.79 Å². The monoisotopic (exact) mass is 468 g/mol. The van der Waals surface area contributed by atoms with Crippen LogP contribution in [0.3, 0.4) is 0 Å². The molecule has 2 amide bonds. The molecule has 2 fully saturated rings. The molecule has 3 heterocycles. The number of rotatable bonds is 6. The summed E-state index contributed by atoms with van der Waals surface area (Å²) in [4.78, 5) is 32.7. The second-order valence-electron chi connectivity index (χ2n) is 9.81. The number of likely N-dealkylation sites (N-methyl/N-ethyl adjacent to an activating group) is 1. The van der Waals surface area contributed by atoms with Crippen molar-refractivity contribution in [2.45, 2.75) is 45.6 Å². The summed E-state index contributed by atoms with van der Waals surface area (Å²) >= 11 is 0. The number of carbonyl (C=O) groups excluding carboxylic acids is 2. The van der Waals surface area contributed by atoms with Gasteiger partial charge >= 0.3 is 0 Å². The lowest BCUT2D eigenvalue weighted by Crippen LogP contribution is -2.51. The number of amides is 2. The largest absolute Gasteiger partial charge is 0.490 e. The van der Waals surface area contributed by atoms with E-state index < -0.39 is 0 Å². The van der Waals surface area contributed by atoms with Crippen LogP contribution in [-0.4, -0.2) is 84.1 Å². The highest BCUT2D eigenvalue weighted by Gasteiger charge is 2.37. The van der Waals surface area contributed by atoms with Gasteiger partial charge in [0.1, 0.15) is 23.2 Å². The van der Waals surface area contributed by atoms with E-state index in [1.165, 1.54) is 0 Å². The van der Waals surface area contributed by atoms with Crippen molar-refractivity contribution in [2.24, 2.45) is 5.92 Å². The van der Waals surface area contributed by atoms with Crippen molar-refractivity contribution in [2.75, 3.05) is 46.3 Å². The SMILES string of the molecule is Cc1onc(C(C)C)c1C(=O)N1CC[C@H](Oc2ccccc2)[C@@H](CC(=O)N2CCN(C)CC2)C1. The van der Waals surface area contributed by atoms with Gasteiger partial charge in [-0.15, -0.1) is 0 Å². The zero-order valence-corrected chi connectivity index (χ0v) is 20.7. The molecular weight excluding hydrogens is 432 g/mol. The minimum atomic E-state index is -0.129. The van der Waals surface area contributed by atoms with E-state index in [0.717, 1.165) is 31.9 Å². The summed E-state index contributed by atoms with van der Waals surface area (Å²) in [7, 11) is 2.08. The fourth-order valence-electron chi connectivity index (χ4n) is 4.83. The zero-order chi connectivity index (χ0) is 24.2. The maximum Gasteiger partial charge on any atom is 0.259 e. The smallest absolute Gasteiger partial charge is 0.259 e. The van der Waals surface area contributed by atoms with Gasteiger partial charge in [-0.3, -0.25) is 9.59 Å². The molecule has 2 atom stereocenters. The van der Waals surface area contributed by atoms with E-state index in [2.05, 4.69) is 17.1 Å². The Labute approximate surface area is 201 Å². The quantitative estimate of drug-likeness (QED) is 0.648. The van der Waals surface area contributed by atoms with Gasteiger partial charge in [0.15, 0.2) is 0 Å². The van der Waals surface area contributed by atoms with Gasteiger partial charge in [-0.05, 0) is 32.0 Å². The standard InChI is InChI=1S/C26H36N4O4/c1-18(2)25-24(19(3)34-27-25)26(32)30-11-10-22(33-21-8-6-5-7-9-21)20(17-30)16-23(31)29-14-12-28(4)13-15-29/h5-9,18,20,22H,10-17H2,1-4H3/t20-,22-/m0/s1. The summed E-state index contributed by atoms with van der Waals surface area (Å²) in [6, 6.07) is 9.72. The molecule has 34 heavy (non-hydrogen) atoms. The van der Waals surface area contributed by atoms with Crippen molar-refractivity contribution in [3.8, 4) is 5.75 Å². The molecule has 2 aliphatic heterocycles. The van der Waals surface area contributed by atoms with Crippen molar-refractivity contribution in [1.29, 1.82) is 0 Å². The third-order valence-electron chi connectivity index (χ3n) is 6.92. The second-order valence-corrected chi connectivity index (χ2v) is 9.81. The fourth-order valence-corrected chi connectivity index (χ4v) is 4.83. The number of para-hydroxylation sites is 1. The number of nitrogens with zero attached hydrogens (tertiary/aromatic N) is 4. The first kappa shape index (κ1) is 24.3. The minimum Gasteiger partial charge on any atom is -0.490 e. The maximum atomic E-state index is 13.5. The molecule has 8 heteroatoms. The lowest BCUT2D eigenvalue weighted by Gasteiger charge is -2.40. The van der Waals surface area contributed by atoms with Gasteiger partial charge in [0.05, 0.1) is 5.69 Å². The van der Waals surface area contributed by atoms with Crippen LogP contribution in [0.2, 0.25) is 0 Å². The Morgan fingerprint density at radius 1 is 1.09 bits per heavy atom. The van der Waals surface area contributed by atoms with E-state index in [1.54, 1.807) is 6.92 Å². The van der Waals surface area contributed by atoms with Gasteiger partial charge in [-0.25, -0.2) is 0 Å². The summed E-state index contributed by atoms with van der Waals surface area (Å²) < 4.78 is 11.7. The van der Waals surface area contributed by atoms with E-state index in [1.807, 2.05) is 54.0 Å². The third-order valence-corrected chi connectivity index (χ3v) is 6.92. The molecule has 1 aromatic carbocycles. The van der Waals surface area contributed by atoms with Crippen LogP contribution in [0.15, 0.2) is 34.9 Å². The maximum absolute atomic E-state index is 13.5. The Hall–Kier alpha value is -2.87. The Kier molecular flexibility index (Phi) is 7.56. The predicted molar refractivity (Wildman–Crippen MR) is 129 cm³/mol. The Morgan fingerprint density at radius 2 is 1.79 bits per heavy atom. The normalized spacial score (nSPS) is 21.7.